The quantitative estimate of drug-likeness (QED) is 0.580. The fourth-order valence-corrected chi connectivity index (χ4v) is 5.80. The Balaban J connectivity index is 2.08. The van der Waals surface area contributed by atoms with Gasteiger partial charge in [0.2, 0.25) is 0 Å². The molecule has 0 amide bonds. The van der Waals surface area contributed by atoms with Gasteiger partial charge in [-0.15, -0.1) is 0 Å². The van der Waals surface area contributed by atoms with E-state index in [2.05, 4.69) is 22.9 Å². The van der Waals surface area contributed by atoms with Crippen molar-refractivity contribution in [3.63, 3.8) is 0 Å². The van der Waals surface area contributed by atoms with Gasteiger partial charge in [0.15, 0.2) is 0 Å². The summed E-state index contributed by atoms with van der Waals surface area (Å²) in [7, 11) is 0. The van der Waals surface area contributed by atoms with Crippen LogP contribution in [0.15, 0.2) is 0 Å². The number of rotatable bonds is 2. The Morgan fingerprint density at radius 2 is 2.11 bits per heavy atom. The van der Waals surface area contributed by atoms with Crippen molar-refractivity contribution < 1.29 is 4.74 Å². The molecule has 0 saturated carbocycles. The minimum atomic E-state index is 0.00463. The van der Waals surface area contributed by atoms with Crippen LogP contribution in [0.4, 0.5) is 0 Å². The Bertz CT molecular complexity index is 74.6. The monoisotopic (exact) mass is 436 g/mol. The van der Waals surface area contributed by atoms with Crippen molar-refractivity contribution in [1.29, 1.82) is 0 Å². The molecule has 4 heteroatoms. The molecule has 0 aromatic rings. The third kappa shape index (κ3) is 3.45. The Kier molecular flexibility index (Phi) is 5.02. The van der Waals surface area contributed by atoms with Gasteiger partial charge in [-0.3, -0.25) is 0 Å². The van der Waals surface area contributed by atoms with Gasteiger partial charge in [-0.25, -0.2) is 0 Å². The molecule has 0 aromatic heterocycles. The fraction of sp³-hybridized carbons (Fsp3) is 1.00. The summed E-state index contributed by atoms with van der Waals surface area (Å²) in [6.45, 7) is 4.25. The van der Waals surface area contributed by atoms with Crippen LogP contribution in [0.1, 0.15) is 0 Å². The maximum atomic E-state index is 5.22. The molecule has 1 aliphatic heterocycles. The van der Waals surface area contributed by atoms with E-state index in [1.807, 2.05) is 0 Å². The van der Waals surface area contributed by atoms with Crippen LogP contribution in [0.5, 0.6) is 0 Å². The van der Waals surface area contributed by atoms with Gasteiger partial charge in [-0.05, 0) is 0 Å². The van der Waals surface area contributed by atoms with Crippen molar-refractivity contribution >= 4 is 37.3 Å². The molecule has 0 unspecified atom stereocenters. The molecule has 54 valence electrons. The molecule has 1 heterocycles. The minimum absolute atomic E-state index is 0.00463. The molecular formula is C5H10INOPo. The van der Waals surface area contributed by atoms with Crippen LogP contribution in [-0.4, -0.2) is 54.7 Å². The number of hydrogen-bond donors (Lipinski definition) is 0. The molecule has 1 fully saturated rings. The van der Waals surface area contributed by atoms with Gasteiger partial charge >= 0.3 is 77.4 Å². The van der Waals surface area contributed by atoms with Crippen LogP contribution in [0.2, 0.25) is 0 Å². The van der Waals surface area contributed by atoms with Crippen LogP contribution in [0.3, 0.4) is 0 Å². The van der Waals surface area contributed by atoms with Crippen molar-refractivity contribution in [1.82, 2.24) is 4.90 Å². The average Bonchev–Trinajstić information content (AvgIpc) is 1.91. The standard InChI is InChI=1S/C5H10NO.HI.Po/c1-6-2-4-7-5-3-6;;/h1-5H2;1H;/q;;+1/p-1. The van der Waals surface area contributed by atoms with Gasteiger partial charge in [0.1, 0.15) is 0 Å². The second kappa shape index (κ2) is 5.23. The van der Waals surface area contributed by atoms with Crippen LogP contribution in [0.25, 0.3) is 0 Å². The summed E-state index contributed by atoms with van der Waals surface area (Å²) in [5.41, 5.74) is 0. The van der Waals surface area contributed by atoms with Crippen molar-refractivity contribution in [3.05, 3.63) is 0 Å². The summed E-state index contributed by atoms with van der Waals surface area (Å²) < 4.78 is 6.61. The number of ether oxygens (including phenoxy) is 1. The Morgan fingerprint density at radius 1 is 1.44 bits per heavy atom. The molecule has 0 atom stereocenters. The molecule has 0 aliphatic carbocycles. The van der Waals surface area contributed by atoms with Crippen molar-refractivity contribution in [2.75, 3.05) is 30.5 Å². The molecule has 9 heavy (non-hydrogen) atoms. The van der Waals surface area contributed by atoms with Crippen LogP contribution in [0, 0.1) is 0 Å². The molecule has 0 radical (unpaired) electrons. The zero-order chi connectivity index (χ0) is 6.53. The third-order valence-corrected chi connectivity index (χ3v) is 5.58. The van der Waals surface area contributed by atoms with E-state index >= 15 is 0 Å². The van der Waals surface area contributed by atoms with Crippen LogP contribution >= 0.6 is 18.0 Å². The first-order valence-corrected chi connectivity index (χ1v) is 14.1. The Hall–Kier alpha value is 1.55. The predicted molar refractivity (Wildman–Crippen MR) is 47.0 cm³/mol. The van der Waals surface area contributed by atoms with Gasteiger partial charge in [-0.1, -0.05) is 0 Å². The van der Waals surface area contributed by atoms with Crippen molar-refractivity contribution in [2.24, 2.45) is 0 Å². The van der Waals surface area contributed by atoms with Crippen molar-refractivity contribution in [2.45, 2.75) is 0 Å². The van der Waals surface area contributed by atoms with E-state index in [0.717, 1.165) is 13.2 Å². The predicted octanol–water partition coefficient (Wildman–Crippen LogP) is 0.330. The summed E-state index contributed by atoms with van der Waals surface area (Å²) >= 11 is 2.58. The van der Waals surface area contributed by atoms with E-state index in [0.29, 0.717) is 0 Å². The maximum absolute atomic E-state index is 5.22. The Labute approximate surface area is 76.7 Å². The molecule has 0 N–H and O–H groups in total. The van der Waals surface area contributed by atoms with E-state index in [1.165, 1.54) is 17.3 Å². The zero-order valence-corrected chi connectivity index (χ0v) is 10.5. The first-order chi connectivity index (χ1) is 4.43. The summed E-state index contributed by atoms with van der Waals surface area (Å²) in [6, 6.07) is 0. The second-order valence-corrected chi connectivity index (χ2v) is 9.29. The summed E-state index contributed by atoms with van der Waals surface area (Å²) in [6.07, 6.45) is 0. The fourth-order valence-electron chi connectivity index (χ4n) is 0.799. The Morgan fingerprint density at radius 3 is 2.67 bits per heavy atom. The summed E-state index contributed by atoms with van der Waals surface area (Å²) in [5.74, 6) is 0. The molecule has 0 bridgehead atoms. The van der Waals surface area contributed by atoms with E-state index in [-0.39, 0.29) is 19.3 Å². The zero-order valence-electron chi connectivity index (χ0n) is 5.18. The van der Waals surface area contributed by atoms with E-state index in [4.69, 9.17) is 4.74 Å². The van der Waals surface area contributed by atoms with E-state index in [1.54, 1.807) is 0 Å². The number of halogens is 1. The van der Waals surface area contributed by atoms with Crippen molar-refractivity contribution in [3.8, 4) is 0 Å². The first kappa shape index (κ1) is 8.64. The van der Waals surface area contributed by atoms with Gasteiger partial charge in [0.25, 0.3) is 0 Å². The molecule has 0 spiro atoms. The summed E-state index contributed by atoms with van der Waals surface area (Å²) in [4.78, 5) is 2.51. The first-order valence-electron chi connectivity index (χ1n) is 2.97. The van der Waals surface area contributed by atoms with Crippen LogP contribution < -0.4 is 0 Å². The van der Waals surface area contributed by atoms with Crippen LogP contribution in [-0.2, 0) is 4.74 Å². The van der Waals surface area contributed by atoms with Gasteiger partial charge in [-0.2, -0.15) is 0 Å². The molecule has 1 saturated heterocycles. The average molecular weight is 436 g/mol. The molecule has 1 aliphatic rings. The van der Waals surface area contributed by atoms with Gasteiger partial charge in [0.05, 0.1) is 0 Å². The SMILES string of the molecule is [I][Po][CH2]N1CCOCC1. The second-order valence-electron chi connectivity index (χ2n) is 1.97. The van der Waals surface area contributed by atoms with E-state index in [9.17, 15) is 0 Å². The number of hydrogen-bond acceptors (Lipinski definition) is 2. The molecule has 2 nitrogen and oxygen atoms in total. The normalized spacial score (nSPS) is 22.3. The van der Waals surface area contributed by atoms with E-state index < -0.39 is 0 Å². The molecular weight excluding hydrogens is 426 g/mol. The molecule has 0 aromatic carbocycles. The van der Waals surface area contributed by atoms with Gasteiger partial charge in [0, 0.05) is 0 Å². The number of nitrogens with zero attached hydrogens (tertiary/aromatic N) is 1. The topological polar surface area (TPSA) is 12.5 Å². The number of morpholine rings is 1. The molecule has 1 rings (SSSR count). The van der Waals surface area contributed by atoms with Gasteiger partial charge < -0.3 is 0 Å². The summed E-state index contributed by atoms with van der Waals surface area (Å²) in [5, 5.41) is 0. The third-order valence-electron chi connectivity index (χ3n) is 1.34.